The third-order valence-electron chi connectivity index (χ3n) is 4.31. The first kappa shape index (κ1) is 14.3. The van der Waals surface area contributed by atoms with Crippen LogP contribution in [0, 0.1) is 11.8 Å². The van der Waals surface area contributed by atoms with Crippen LogP contribution in [0.25, 0.3) is 10.2 Å². The van der Waals surface area contributed by atoms with Crippen LogP contribution < -0.4 is 4.90 Å². The van der Waals surface area contributed by atoms with Gasteiger partial charge in [-0.15, -0.1) is 0 Å². The van der Waals surface area contributed by atoms with Gasteiger partial charge in [0.15, 0.2) is 5.13 Å². The van der Waals surface area contributed by atoms with Crippen LogP contribution in [0.2, 0.25) is 0 Å². The van der Waals surface area contributed by atoms with Gasteiger partial charge in [0.2, 0.25) is 0 Å². The van der Waals surface area contributed by atoms with Gasteiger partial charge in [-0.3, -0.25) is 4.79 Å². The van der Waals surface area contributed by atoms with Gasteiger partial charge in [-0.25, -0.2) is 4.98 Å². The predicted molar refractivity (Wildman–Crippen MR) is 86.0 cm³/mol. The monoisotopic (exact) mass is 304 g/mol. The normalized spacial score (nSPS) is 20.6. The fraction of sp³-hybridized carbons (Fsp3) is 0.500. The lowest BCUT2D eigenvalue weighted by molar-refractivity contribution is -0.138. The average Bonchev–Trinajstić information content (AvgIpc) is 2.90. The molecule has 1 fully saturated rings. The van der Waals surface area contributed by atoms with Crippen molar-refractivity contribution in [2.24, 2.45) is 11.8 Å². The summed E-state index contributed by atoms with van der Waals surface area (Å²) in [5.74, 6) is -0.0267. The second-order valence-electron chi connectivity index (χ2n) is 5.89. The molecule has 112 valence electrons. The third-order valence-corrected chi connectivity index (χ3v) is 5.41. The van der Waals surface area contributed by atoms with Gasteiger partial charge >= 0.3 is 5.97 Å². The highest BCUT2D eigenvalue weighted by Crippen LogP contribution is 2.33. The number of anilines is 1. The molecule has 4 nitrogen and oxygen atoms in total. The number of aromatic nitrogens is 1. The van der Waals surface area contributed by atoms with E-state index in [2.05, 4.69) is 17.9 Å². The smallest absolute Gasteiger partial charge is 0.303 e. The molecule has 2 unspecified atom stereocenters. The van der Waals surface area contributed by atoms with Gasteiger partial charge < -0.3 is 10.0 Å². The SMILES string of the molecule is CC(CC(=O)O)C1CCCN(c2nc3ccccc3s2)C1. The molecule has 3 rings (SSSR count). The van der Waals surface area contributed by atoms with Crippen LogP contribution in [0.3, 0.4) is 0 Å². The van der Waals surface area contributed by atoms with Crippen molar-refractivity contribution in [2.45, 2.75) is 26.2 Å². The Balaban J connectivity index is 1.74. The number of hydrogen-bond acceptors (Lipinski definition) is 4. The van der Waals surface area contributed by atoms with Gasteiger partial charge in [-0.05, 0) is 36.8 Å². The molecule has 5 heteroatoms. The molecule has 0 radical (unpaired) electrons. The lowest BCUT2D eigenvalue weighted by Crippen LogP contribution is -2.38. The summed E-state index contributed by atoms with van der Waals surface area (Å²) in [6, 6.07) is 8.20. The zero-order chi connectivity index (χ0) is 14.8. The zero-order valence-electron chi connectivity index (χ0n) is 12.2. The highest BCUT2D eigenvalue weighted by molar-refractivity contribution is 7.22. The Kier molecular flexibility index (Phi) is 4.10. The Morgan fingerprint density at radius 2 is 2.33 bits per heavy atom. The molecule has 21 heavy (non-hydrogen) atoms. The number of hydrogen-bond donors (Lipinski definition) is 1. The van der Waals surface area contributed by atoms with E-state index in [1.54, 1.807) is 11.3 Å². The second-order valence-corrected chi connectivity index (χ2v) is 6.90. The minimum absolute atomic E-state index is 0.222. The summed E-state index contributed by atoms with van der Waals surface area (Å²) in [6.45, 7) is 4.00. The van der Waals surface area contributed by atoms with Gasteiger partial charge in [0.25, 0.3) is 0 Å². The number of carboxylic acid groups (broad SMARTS) is 1. The predicted octanol–water partition coefficient (Wildman–Crippen LogP) is 3.62. The van der Waals surface area contributed by atoms with E-state index in [-0.39, 0.29) is 12.3 Å². The number of aliphatic carboxylic acids is 1. The molecule has 1 aromatic carbocycles. The Morgan fingerprint density at radius 1 is 1.52 bits per heavy atom. The summed E-state index contributed by atoms with van der Waals surface area (Å²) in [5, 5.41) is 10.0. The first-order chi connectivity index (χ1) is 10.1. The number of carbonyl (C=O) groups is 1. The van der Waals surface area contributed by atoms with Crippen molar-refractivity contribution in [1.82, 2.24) is 4.98 Å². The molecule has 2 heterocycles. The van der Waals surface area contributed by atoms with Crippen LogP contribution in [-0.2, 0) is 4.79 Å². The molecule has 0 saturated carbocycles. The van der Waals surface area contributed by atoms with E-state index in [1.165, 1.54) is 4.70 Å². The lowest BCUT2D eigenvalue weighted by atomic mass is 9.85. The quantitative estimate of drug-likeness (QED) is 0.937. The molecule has 2 aromatic rings. The van der Waals surface area contributed by atoms with Crippen LogP contribution in [0.5, 0.6) is 0 Å². The number of benzene rings is 1. The fourth-order valence-corrected chi connectivity index (χ4v) is 4.09. The molecule has 2 atom stereocenters. The van der Waals surface area contributed by atoms with Crippen molar-refractivity contribution < 1.29 is 9.90 Å². The first-order valence-electron chi connectivity index (χ1n) is 7.46. The van der Waals surface area contributed by atoms with E-state index in [0.29, 0.717) is 5.92 Å². The summed E-state index contributed by atoms with van der Waals surface area (Å²) < 4.78 is 1.22. The summed E-state index contributed by atoms with van der Waals surface area (Å²) in [6.07, 6.45) is 2.50. The highest BCUT2D eigenvalue weighted by Gasteiger charge is 2.27. The van der Waals surface area contributed by atoms with Crippen LogP contribution >= 0.6 is 11.3 Å². The van der Waals surface area contributed by atoms with Crippen LogP contribution in [-0.4, -0.2) is 29.1 Å². The van der Waals surface area contributed by atoms with Crippen molar-refractivity contribution in [1.29, 1.82) is 0 Å². The molecule has 1 saturated heterocycles. The largest absolute Gasteiger partial charge is 0.481 e. The number of nitrogens with zero attached hydrogens (tertiary/aromatic N) is 2. The molecule has 1 aromatic heterocycles. The molecule has 0 spiro atoms. The summed E-state index contributed by atoms with van der Waals surface area (Å²) in [4.78, 5) is 17.9. The van der Waals surface area contributed by atoms with Crippen LogP contribution in [0.1, 0.15) is 26.2 Å². The van der Waals surface area contributed by atoms with Crippen molar-refractivity contribution in [3.8, 4) is 0 Å². The third kappa shape index (κ3) is 3.18. The molecule has 1 aliphatic rings. The average molecular weight is 304 g/mol. The maximum Gasteiger partial charge on any atom is 0.303 e. The Labute approximate surface area is 128 Å². The van der Waals surface area contributed by atoms with Crippen LogP contribution in [0.4, 0.5) is 5.13 Å². The first-order valence-corrected chi connectivity index (χ1v) is 8.27. The standard InChI is InChI=1S/C16H20N2O2S/c1-11(9-15(19)20)12-5-4-8-18(10-12)16-17-13-6-2-3-7-14(13)21-16/h2-3,6-7,11-12H,4-5,8-10H2,1H3,(H,19,20). The molecule has 0 aliphatic carbocycles. The summed E-state index contributed by atoms with van der Waals surface area (Å²) in [5.41, 5.74) is 1.05. The number of piperidine rings is 1. The molecular weight excluding hydrogens is 284 g/mol. The van der Waals surface area contributed by atoms with E-state index in [9.17, 15) is 4.79 Å². The minimum Gasteiger partial charge on any atom is -0.481 e. The lowest BCUT2D eigenvalue weighted by Gasteiger charge is -2.35. The highest BCUT2D eigenvalue weighted by atomic mass is 32.1. The summed E-state index contributed by atoms with van der Waals surface area (Å²) in [7, 11) is 0. The maximum absolute atomic E-state index is 10.9. The number of carboxylic acids is 1. The van der Waals surface area contributed by atoms with Crippen LogP contribution in [0.15, 0.2) is 24.3 Å². The number of fused-ring (bicyclic) bond motifs is 1. The minimum atomic E-state index is -0.695. The van der Waals surface area contributed by atoms with Gasteiger partial charge in [-0.2, -0.15) is 0 Å². The second kappa shape index (κ2) is 6.02. The van der Waals surface area contributed by atoms with E-state index < -0.39 is 5.97 Å². The Morgan fingerprint density at radius 3 is 3.10 bits per heavy atom. The van der Waals surface area contributed by atoms with Crippen molar-refractivity contribution in [3.05, 3.63) is 24.3 Å². The van der Waals surface area contributed by atoms with Crippen molar-refractivity contribution >= 4 is 32.7 Å². The van der Waals surface area contributed by atoms with Gasteiger partial charge in [0.05, 0.1) is 10.2 Å². The van der Waals surface area contributed by atoms with E-state index in [0.717, 1.165) is 36.6 Å². The fourth-order valence-electron chi connectivity index (χ4n) is 3.09. The molecular formula is C16H20N2O2S. The topological polar surface area (TPSA) is 53.4 Å². The van der Waals surface area contributed by atoms with E-state index in [4.69, 9.17) is 10.1 Å². The Bertz CT molecular complexity index is 607. The van der Waals surface area contributed by atoms with E-state index in [1.807, 2.05) is 18.2 Å². The molecule has 0 bridgehead atoms. The van der Waals surface area contributed by atoms with Gasteiger partial charge in [0, 0.05) is 19.5 Å². The number of para-hydroxylation sites is 1. The molecule has 1 N–H and O–H groups in total. The Hall–Kier alpha value is -1.62. The summed E-state index contributed by atoms with van der Waals surface area (Å²) >= 11 is 1.73. The molecule has 0 amide bonds. The van der Waals surface area contributed by atoms with E-state index >= 15 is 0 Å². The van der Waals surface area contributed by atoms with Gasteiger partial charge in [-0.1, -0.05) is 30.4 Å². The molecule has 1 aliphatic heterocycles. The maximum atomic E-state index is 10.9. The zero-order valence-corrected chi connectivity index (χ0v) is 13.0. The van der Waals surface area contributed by atoms with Gasteiger partial charge in [0.1, 0.15) is 0 Å². The van der Waals surface area contributed by atoms with Crippen molar-refractivity contribution in [2.75, 3.05) is 18.0 Å². The number of thiazole rings is 1. The van der Waals surface area contributed by atoms with Crippen molar-refractivity contribution in [3.63, 3.8) is 0 Å². The number of rotatable bonds is 4.